The van der Waals surface area contributed by atoms with Gasteiger partial charge < -0.3 is 5.32 Å². The number of hydrogen-bond donors (Lipinski definition) is 2. The van der Waals surface area contributed by atoms with Crippen LogP contribution in [0.1, 0.15) is 26.3 Å². The molecule has 0 spiro atoms. The van der Waals surface area contributed by atoms with Crippen LogP contribution in [0.15, 0.2) is 23.4 Å². The Bertz CT molecular complexity index is 455. The summed E-state index contributed by atoms with van der Waals surface area (Å²) in [7, 11) is -3.47. The van der Waals surface area contributed by atoms with E-state index in [1.807, 2.05) is 20.8 Å². The molecule has 0 saturated heterocycles. The highest BCUT2D eigenvalue weighted by Crippen LogP contribution is 2.07. The average molecular weight is 271 g/mol. The Hall–Kier alpha value is -0.980. The number of rotatable bonds is 7. The highest BCUT2D eigenvalue weighted by atomic mass is 32.2. The minimum atomic E-state index is -3.47. The molecule has 0 aliphatic carbocycles. The summed E-state index contributed by atoms with van der Waals surface area (Å²) in [6.07, 6.45) is 1.59. The summed E-state index contributed by atoms with van der Waals surface area (Å²) >= 11 is 0. The molecule has 0 radical (unpaired) electrons. The van der Waals surface area contributed by atoms with E-state index in [4.69, 9.17) is 0 Å². The van der Waals surface area contributed by atoms with Gasteiger partial charge in [0.15, 0.2) is 5.03 Å². The van der Waals surface area contributed by atoms with Gasteiger partial charge in [0.05, 0.1) is 0 Å². The van der Waals surface area contributed by atoms with Gasteiger partial charge in [0, 0.05) is 19.3 Å². The van der Waals surface area contributed by atoms with E-state index in [1.54, 1.807) is 12.3 Å². The Labute approximate surface area is 109 Å². The molecule has 102 valence electrons. The smallest absolute Gasteiger partial charge is 0.258 e. The summed E-state index contributed by atoms with van der Waals surface area (Å²) in [5.41, 5.74) is 0.972. The lowest BCUT2D eigenvalue weighted by atomic mass is 10.2. The second-order valence-electron chi connectivity index (χ2n) is 4.53. The van der Waals surface area contributed by atoms with Crippen molar-refractivity contribution >= 4 is 10.0 Å². The van der Waals surface area contributed by atoms with Crippen molar-refractivity contribution in [3.8, 4) is 0 Å². The SMILES string of the molecule is CCNCc1ccc(S(=O)(=O)NCC(C)C)nc1. The van der Waals surface area contributed by atoms with E-state index in [0.717, 1.165) is 12.1 Å². The van der Waals surface area contributed by atoms with Gasteiger partial charge in [-0.1, -0.05) is 26.8 Å². The van der Waals surface area contributed by atoms with E-state index < -0.39 is 10.0 Å². The molecule has 1 heterocycles. The van der Waals surface area contributed by atoms with Crippen molar-refractivity contribution < 1.29 is 8.42 Å². The molecule has 0 unspecified atom stereocenters. The number of hydrogen-bond acceptors (Lipinski definition) is 4. The first kappa shape index (κ1) is 15.1. The number of pyridine rings is 1. The maximum atomic E-state index is 11.9. The molecule has 0 bridgehead atoms. The van der Waals surface area contributed by atoms with Crippen molar-refractivity contribution in [2.45, 2.75) is 32.3 Å². The molecule has 5 nitrogen and oxygen atoms in total. The second-order valence-corrected chi connectivity index (χ2v) is 6.24. The number of nitrogens with one attached hydrogen (secondary N) is 2. The second kappa shape index (κ2) is 6.82. The van der Waals surface area contributed by atoms with Crippen molar-refractivity contribution in [1.29, 1.82) is 0 Å². The van der Waals surface area contributed by atoms with E-state index in [1.165, 1.54) is 6.07 Å². The van der Waals surface area contributed by atoms with Gasteiger partial charge in [-0.05, 0) is 24.1 Å². The van der Waals surface area contributed by atoms with E-state index >= 15 is 0 Å². The van der Waals surface area contributed by atoms with E-state index in [-0.39, 0.29) is 10.9 Å². The van der Waals surface area contributed by atoms with E-state index in [2.05, 4.69) is 15.0 Å². The molecule has 0 amide bonds. The fourth-order valence-corrected chi connectivity index (χ4v) is 2.43. The monoisotopic (exact) mass is 271 g/mol. The van der Waals surface area contributed by atoms with Crippen LogP contribution in [0.25, 0.3) is 0 Å². The Balaban J connectivity index is 2.71. The maximum Gasteiger partial charge on any atom is 0.258 e. The first-order valence-electron chi connectivity index (χ1n) is 6.11. The van der Waals surface area contributed by atoms with Gasteiger partial charge in [0.1, 0.15) is 0 Å². The third-order valence-corrected chi connectivity index (χ3v) is 3.67. The Morgan fingerprint density at radius 3 is 2.56 bits per heavy atom. The molecule has 0 saturated carbocycles. The van der Waals surface area contributed by atoms with Gasteiger partial charge in [-0.25, -0.2) is 18.1 Å². The van der Waals surface area contributed by atoms with Crippen molar-refractivity contribution in [2.75, 3.05) is 13.1 Å². The highest BCUT2D eigenvalue weighted by Gasteiger charge is 2.15. The molecule has 0 aliphatic rings. The summed E-state index contributed by atoms with van der Waals surface area (Å²) in [6.45, 7) is 7.91. The fraction of sp³-hybridized carbons (Fsp3) is 0.583. The van der Waals surface area contributed by atoms with Gasteiger partial charge in [-0.15, -0.1) is 0 Å². The third-order valence-electron chi connectivity index (χ3n) is 2.33. The number of sulfonamides is 1. The van der Waals surface area contributed by atoms with Crippen molar-refractivity contribution in [2.24, 2.45) is 5.92 Å². The van der Waals surface area contributed by atoms with Gasteiger partial charge in [0.25, 0.3) is 10.0 Å². The van der Waals surface area contributed by atoms with Gasteiger partial charge in [-0.2, -0.15) is 0 Å². The van der Waals surface area contributed by atoms with Crippen molar-refractivity contribution in [3.05, 3.63) is 23.9 Å². The zero-order valence-corrected chi connectivity index (χ0v) is 11.9. The third kappa shape index (κ3) is 4.72. The van der Waals surface area contributed by atoms with Gasteiger partial charge in [-0.3, -0.25) is 0 Å². The molecule has 0 aliphatic heterocycles. The summed E-state index contributed by atoms with van der Waals surface area (Å²) in [4.78, 5) is 3.99. The van der Waals surface area contributed by atoms with Crippen LogP contribution in [-0.4, -0.2) is 26.5 Å². The predicted molar refractivity (Wildman–Crippen MR) is 71.6 cm³/mol. The van der Waals surface area contributed by atoms with Crippen LogP contribution in [0.5, 0.6) is 0 Å². The minimum Gasteiger partial charge on any atom is -0.313 e. The molecule has 0 atom stereocenters. The van der Waals surface area contributed by atoms with Crippen LogP contribution in [-0.2, 0) is 16.6 Å². The van der Waals surface area contributed by atoms with Crippen LogP contribution in [0.4, 0.5) is 0 Å². The van der Waals surface area contributed by atoms with Crippen LogP contribution in [0.2, 0.25) is 0 Å². The first-order chi connectivity index (χ1) is 8.45. The van der Waals surface area contributed by atoms with Crippen LogP contribution >= 0.6 is 0 Å². The lowest BCUT2D eigenvalue weighted by Gasteiger charge is -2.08. The molecule has 1 rings (SSSR count). The van der Waals surface area contributed by atoms with E-state index in [9.17, 15) is 8.42 Å². The standard InChI is InChI=1S/C12H21N3O2S/c1-4-13-8-11-5-6-12(14-9-11)18(16,17)15-7-10(2)3/h5-6,9-10,13,15H,4,7-8H2,1-3H3. The largest absolute Gasteiger partial charge is 0.313 e. The lowest BCUT2D eigenvalue weighted by molar-refractivity contribution is 0.556. The van der Waals surface area contributed by atoms with Crippen molar-refractivity contribution in [3.63, 3.8) is 0 Å². The highest BCUT2D eigenvalue weighted by molar-refractivity contribution is 7.89. The van der Waals surface area contributed by atoms with E-state index in [0.29, 0.717) is 13.1 Å². The molecule has 1 aromatic heterocycles. The zero-order chi connectivity index (χ0) is 13.6. The molecule has 0 fully saturated rings. The average Bonchev–Trinajstić information content (AvgIpc) is 2.34. The number of nitrogens with zero attached hydrogens (tertiary/aromatic N) is 1. The normalized spacial score (nSPS) is 12.0. The minimum absolute atomic E-state index is 0.0726. The molecular weight excluding hydrogens is 250 g/mol. The van der Waals surface area contributed by atoms with Crippen LogP contribution in [0.3, 0.4) is 0 Å². The Morgan fingerprint density at radius 1 is 1.33 bits per heavy atom. The number of aromatic nitrogens is 1. The summed E-state index contributed by atoms with van der Waals surface area (Å²) in [5, 5.41) is 3.23. The summed E-state index contributed by atoms with van der Waals surface area (Å²) in [6, 6.07) is 3.31. The van der Waals surface area contributed by atoms with Crippen molar-refractivity contribution in [1.82, 2.24) is 15.0 Å². The first-order valence-corrected chi connectivity index (χ1v) is 7.59. The van der Waals surface area contributed by atoms with Gasteiger partial charge in [0.2, 0.25) is 0 Å². The fourth-order valence-electron chi connectivity index (χ4n) is 1.29. The topological polar surface area (TPSA) is 71.1 Å². The maximum absolute atomic E-state index is 11.9. The molecule has 18 heavy (non-hydrogen) atoms. The quantitative estimate of drug-likeness (QED) is 0.780. The predicted octanol–water partition coefficient (Wildman–Crippen LogP) is 1.13. The summed E-state index contributed by atoms with van der Waals surface area (Å²) in [5.74, 6) is 0.271. The molecular formula is C12H21N3O2S. The molecule has 0 aromatic carbocycles. The Morgan fingerprint density at radius 2 is 2.06 bits per heavy atom. The zero-order valence-electron chi connectivity index (χ0n) is 11.1. The van der Waals surface area contributed by atoms with Crippen LogP contribution < -0.4 is 10.0 Å². The van der Waals surface area contributed by atoms with Crippen LogP contribution in [0, 0.1) is 5.92 Å². The molecule has 1 aromatic rings. The molecule has 2 N–H and O–H groups in total. The summed E-state index contributed by atoms with van der Waals surface area (Å²) < 4.78 is 26.3. The Kier molecular flexibility index (Phi) is 5.71. The lowest BCUT2D eigenvalue weighted by Crippen LogP contribution is -2.28. The van der Waals surface area contributed by atoms with Gasteiger partial charge >= 0.3 is 0 Å². The molecule has 6 heteroatoms.